The summed E-state index contributed by atoms with van der Waals surface area (Å²) in [7, 11) is 0. The number of ether oxygens (including phenoxy) is 2. The van der Waals surface area contributed by atoms with E-state index in [0.717, 1.165) is 6.20 Å². The van der Waals surface area contributed by atoms with Gasteiger partial charge in [-0.3, -0.25) is 14.8 Å². The van der Waals surface area contributed by atoms with Crippen LogP contribution in [0.5, 0.6) is 11.5 Å². The Hall–Kier alpha value is -3.76. The van der Waals surface area contributed by atoms with E-state index in [4.69, 9.17) is 4.74 Å². The molecule has 0 saturated carbocycles. The first-order valence-electron chi connectivity index (χ1n) is 9.63. The third-order valence-electron chi connectivity index (χ3n) is 4.96. The summed E-state index contributed by atoms with van der Waals surface area (Å²) >= 11 is 0. The minimum Gasteiger partial charge on any atom is -0.482 e. The highest BCUT2D eigenvalue weighted by atomic mass is 19.4. The van der Waals surface area contributed by atoms with Crippen molar-refractivity contribution < 1.29 is 36.2 Å². The Bertz CT molecular complexity index is 1200. The number of hydrogen-bond acceptors (Lipinski definition) is 5. The average Bonchev–Trinajstić information content (AvgIpc) is 3.08. The molecule has 4 rings (SSSR count). The first-order valence-corrected chi connectivity index (χ1v) is 9.63. The van der Waals surface area contributed by atoms with E-state index >= 15 is 0 Å². The first kappa shape index (κ1) is 22.4. The summed E-state index contributed by atoms with van der Waals surface area (Å²) in [5, 5.41) is 0. The SMILES string of the molecule is Cc1cc(OC(F)F)ccc1N1Cc2c(ccnc2-c2ccncc2OCC(F)(F)F)C1=O. The van der Waals surface area contributed by atoms with Gasteiger partial charge in [-0.2, -0.15) is 22.0 Å². The predicted octanol–water partition coefficient (Wildman–Crippen LogP) is 5.15. The van der Waals surface area contributed by atoms with E-state index in [1.165, 1.54) is 47.6 Å². The molecule has 172 valence electrons. The van der Waals surface area contributed by atoms with Gasteiger partial charge in [0.15, 0.2) is 6.61 Å². The fraction of sp³-hybridized carbons (Fsp3) is 0.227. The molecular formula is C22H16F5N3O3. The molecule has 0 atom stereocenters. The molecule has 0 saturated heterocycles. The Morgan fingerprint density at radius 2 is 1.88 bits per heavy atom. The van der Waals surface area contributed by atoms with Crippen molar-refractivity contribution in [2.45, 2.75) is 26.3 Å². The van der Waals surface area contributed by atoms with Gasteiger partial charge in [-0.25, -0.2) is 0 Å². The second-order valence-electron chi connectivity index (χ2n) is 7.18. The second kappa shape index (κ2) is 8.64. The van der Waals surface area contributed by atoms with Gasteiger partial charge in [0.05, 0.1) is 18.4 Å². The van der Waals surface area contributed by atoms with Crippen molar-refractivity contribution in [2.75, 3.05) is 11.5 Å². The average molecular weight is 465 g/mol. The van der Waals surface area contributed by atoms with Gasteiger partial charge in [-0.15, -0.1) is 0 Å². The normalized spacial score (nSPS) is 13.4. The summed E-state index contributed by atoms with van der Waals surface area (Å²) in [5.74, 6) is -0.515. The lowest BCUT2D eigenvalue weighted by molar-refractivity contribution is -0.153. The minimum atomic E-state index is -4.54. The maximum atomic E-state index is 13.1. The number of pyridine rings is 2. The Balaban J connectivity index is 1.68. The van der Waals surface area contributed by atoms with Crippen LogP contribution in [-0.2, 0) is 6.54 Å². The number of hydrogen-bond donors (Lipinski definition) is 0. The third-order valence-corrected chi connectivity index (χ3v) is 4.96. The zero-order valence-electron chi connectivity index (χ0n) is 17.1. The molecule has 0 bridgehead atoms. The van der Waals surface area contributed by atoms with Crippen molar-refractivity contribution in [1.29, 1.82) is 0 Å². The quantitative estimate of drug-likeness (QED) is 0.471. The Kier molecular flexibility index (Phi) is 5.88. The molecule has 6 nitrogen and oxygen atoms in total. The highest BCUT2D eigenvalue weighted by Crippen LogP contribution is 2.38. The smallest absolute Gasteiger partial charge is 0.422 e. The van der Waals surface area contributed by atoms with Gasteiger partial charge >= 0.3 is 12.8 Å². The molecule has 1 aromatic carbocycles. The number of fused-ring (bicyclic) bond motifs is 1. The molecule has 0 spiro atoms. The van der Waals surface area contributed by atoms with Crippen LogP contribution >= 0.6 is 0 Å². The van der Waals surface area contributed by atoms with Gasteiger partial charge in [0.2, 0.25) is 0 Å². The van der Waals surface area contributed by atoms with Crippen molar-refractivity contribution in [2.24, 2.45) is 0 Å². The van der Waals surface area contributed by atoms with Gasteiger partial charge in [-0.05, 0) is 42.8 Å². The van der Waals surface area contributed by atoms with Crippen LogP contribution in [0.3, 0.4) is 0 Å². The van der Waals surface area contributed by atoms with Crippen molar-refractivity contribution >= 4 is 11.6 Å². The highest BCUT2D eigenvalue weighted by Gasteiger charge is 2.33. The van der Waals surface area contributed by atoms with Gasteiger partial charge < -0.3 is 14.4 Å². The van der Waals surface area contributed by atoms with Crippen LogP contribution in [0.1, 0.15) is 21.5 Å². The van der Waals surface area contributed by atoms with Crippen LogP contribution in [0.4, 0.5) is 27.6 Å². The zero-order valence-corrected chi connectivity index (χ0v) is 17.1. The number of halogens is 5. The van der Waals surface area contributed by atoms with Gasteiger partial charge in [0.25, 0.3) is 5.91 Å². The standard InChI is InChI=1S/C22H16F5N3O3/c1-12-8-13(33-21(23)24)2-3-17(12)30-10-16-14(20(30)31)5-7-29-19(16)15-4-6-28-9-18(15)32-11-22(25,26)27/h2-9,21H,10-11H2,1H3. The molecule has 2 aromatic heterocycles. The Morgan fingerprint density at radius 3 is 2.58 bits per heavy atom. The van der Waals surface area contributed by atoms with Crippen molar-refractivity contribution in [3.05, 3.63) is 65.6 Å². The summed E-state index contributed by atoms with van der Waals surface area (Å²) in [5.41, 5.74) is 2.38. The van der Waals surface area contributed by atoms with Crippen LogP contribution < -0.4 is 14.4 Å². The topological polar surface area (TPSA) is 64.6 Å². The molecule has 3 heterocycles. The van der Waals surface area contributed by atoms with Crippen molar-refractivity contribution in [3.8, 4) is 22.8 Å². The molecule has 33 heavy (non-hydrogen) atoms. The van der Waals surface area contributed by atoms with E-state index in [-0.39, 0.29) is 29.5 Å². The van der Waals surface area contributed by atoms with E-state index in [9.17, 15) is 26.7 Å². The van der Waals surface area contributed by atoms with E-state index in [1.807, 2.05) is 0 Å². The lowest BCUT2D eigenvalue weighted by Crippen LogP contribution is -2.23. The Morgan fingerprint density at radius 1 is 1.12 bits per heavy atom. The highest BCUT2D eigenvalue weighted by molar-refractivity contribution is 6.11. The number of carbonyl (C=O) groups is 1. The summed E-state index contributed by atoms with van der Waals surface area (Å²) in [6.45, 7) is -2.75. The first-order chi connectivity index (χ1) is 15.6. The molecular weight excluding hydrogens is 449 g/mol. The Labute approximate surface area is 184 Å². The zero-order chi connectivity index (χ0) is 23.8. The number of anilines is 1. The number of carbonyl (C=O) groups excluding carboxylic acids is 1. The lowest BCUT2D eigenvalue weighted by atomic mass is 10.0. The summed E-state index contributed by atoms with van der Waals surface area (Å²) in [6, 6.07) is 7.19. The van der Waals surface area contributed by atoms with Gasteiger partial charge in [0, 0.05) is 34.8 Å². The van der Waals surface area contributed by atoms with Crippen LogP contribution in [0, 0.1) is 6.92 Å². The number of alkyl halides is 5. The number of nitrogens with zero attached hydrogens (tertiary/aromatic N) is 3. The number of benzene rings is 1. The number of rotatable bonds is 6. The van der Waals surface area contributed by atoms with Crippen LogP contribution in [0.15, 0.2) is 48.9 Å². The maximum absolute atomic E-state index is 13.1. The molecule has 3 aromatic rings. The summed E-state index contributed by atoms with van der Waals surface area (Å²) < 4.78 is 72.2. The monoisotopic (exact) mass is 465 g/mol. The molecule has 1 amide bonds. The van der Waals surface area contributed by atoms with Gasteiger partial charge in [-0.1, -0.05) is 0 Å². The molecule has 1 aliphatic heterocycles. The lowest BCUT2D eigenvalue weighted by Gasteiger charge is -2.19. The summed E-state index contributed by atoms with van der Waals surface area (Å²) in [4.78, 5) is 22.6. The van der Waals surface area contributed by atoms with E-state index in [2.05, 4.69) is 14.7 Å². The van der Waals surface area contributed by atoms with Crippen LogP contribution in [0.2, 0.25) is 0 Å². The van der Waals surface area contributed by atoms with Crippen LogP contribution in [0.25, 0.3) is 11.3 Å². The van der Waals surface area contributed by atoms with Crippen molar-refractivity contribution in [1.82, 2.24) is 9.97 Å². The molecule has 0 unspecified atom stereocenters. The second-order valence-corrected chi connectivity index (χ2v) is 7.18. The number of aromatic nitrogens is 2. The summed E-state index contributed by atoms with van der Waals surface area (Å²) in [6.07, 6.45) is -0.612. The predicted molar refractivity (Wildman–Crippen MR) is 107 cm³/mol. The van der Waals surface area contributed by atoms with Crippen LogP contribution in [-0.4, -0.2) is 35.3 Å². The fourth-order valence-corrected chi connectivity index (χ4v) is 3.61. The molecule has 0 radical (unpaired) electrons. The van der Waals surface area contributed by atoms with E-state index < -0.39 is 19.4 Å². The minimum absolute atomic E-state index is 0.0407. The molecule has 0 fully saturated rings. The molecule has 11 heteroatoms. The van der Waals surface area contributed by atoms with Gasteiger partial charge in [0.1, 0.15) is 11.5 Å². The fourth-order valence-electron chi connectivity index (χ4n) is 3.61. The maximum Gasteiger partial charge on any atom is 0.422 e. The van der Waals surface area contributed by atoms with E-state index in [0.29, 0.717) is 28.1 Å². The number of amides is 1. The largest absolute Gasteiger partial charge is 0.482 e. The molecule has 1 aliphatic rings. The third kappa shape index (κ3) is 4.71. The molecule has 0 N–H and O–H groups in total. The molecule has 0 aliphatic carbocycles. The number of aryl methyl sites for hydroxylation is 1. The van der Waals surface area contributed by atoms with E-state index in [1.54, 1.807) is 6.92 Å². The van der Waals surface area contributed by atoms with Crippen molar-refractivity contribution in [3.63, 3.8) is 0 Å².